The van der Waals surface area contributed by atoms with Gasteiger partial charge in [0.05, 0.1) is 24.4 Å². The topological polar surface area (TPSA) is 58.2 Å². The Balaban J connectivity index is 1.82. The van der Waals surface area contributed by atoms with Crippen LogP contribution in [0.25, 0.3) is 21.1 Å². The van der Waals surface area contributed by atoms with Gasteiger partial charge in [0.25, 0.3) is 5.56 Å². The van der Waals surface area contributed by atoms with Crippen LogP contribution in [0.3, 0.4) is 0 Å². The number of ether oxygens (including phenoxy) is 1. The van der Waals surface area contributed by atoms with Crippen molar-refractivity contribution in [2.24, 2.45) is 0 Å². The molecular weight excluding hydrogens is 334 g/mol. The number of methoxy groups -OCH3 is 1. The van der Waals surface area contributed by atoms with Gasteiger partial charge in [-0.25, -0.2) is 4.98 Å². The molecule has 0 aliphatic carbocycles. The SMILES string of the molecule is COc1cccc2c(=O)[nH]c3sc(CN4[C@H](C)CCC[C@@H]4C)nc3c12. The molecule has 4 rings (SSSR count). The maximum atomic E-state index is 12.4. The van der Waals surface area contributed by atoms with Gasteiger partial charge in [-0.1, -0.05) is 23.8 Å². The van der Waals surface area contributed by atoms with E-state index < -0.39 is 0 Å². The van der Waals surface area contributed by atoms with Gasteiger partial charge < -0.3 is 9.72 Å². The van der Waals surface area contributed by atoms with E-state index in [0.29, 0.717) is 23.2 Å². The monoisotopic (exact) mass is 357 g/mol. The van der Waals surface area contributed by atoms with E-state index in [0.717, 1.165) is 27.3 Å². The average molecular weight is 357 g/mol. The molecule has 1 aliphatic heterocycles. The first kappa shape index (κ1) is 16.5. The average Bonchev–Trinajstić information content (AvgIpc) is 3.00. The first-order valence-electron chi connectivity index (χ1n) is 8.82. The van der Waals surface area contributed by atoms with Crippen molar-refractivity contribution < 1.29 is 4.74 Å². The molecule has 25 heavy (non-hydrogen) atoms. The number of nitrogens with zero attached hydrogens (tertiary/aromatic N) is 2. The highest BCUT2D eigenvalue weighted by molar-refractivity contribution is 7.18. The minimum atomic E-state index is -0.0868. The Kier molecular flexibility index (Phi) is 4.25. The highest BCUT2D eigenvalue weighted by atomic mass is 32.1. The zero-order chi connectivity index (χ0) is 17.6. The van der Waals surface area contributed by atoms with Crippen molar-refractivity contribution in [2.75, 3.05) is 7.11 Å². The third-order valence-electron chi connectivity index (χ3n) is 5.32. The summed E-state index contributed by atoms with van der Waals surface area (Å²) in [5.41, 5.74) is 0.751. The maximum Gasteiger partial charge on any atom is 0.257 e. The smallest absolute Gasteiger partial charge is 0.257 e. The minimum Gasteiger partial charge on any atom is -0.496 e. The molecule has 1 fully saturated rings. The summed E-state index contributed by atoms with van der Waals surface area (Å²) in [6.45, 7) is 5.42. The van der Waals surface area contributed by atoms with E-state index in [2.05, 4.69) is 23.7 Å². The fourth-order valence-electron chi connectivity index (χ4n) is 3.93. The molecule has 1 N–H and O–H groups in total. The molecule has 132 valence electrons. The Labute approximate surface area is 150 Å². The van der Waals surface area contributed by atoms with Gasteiger partial charge in [0.2, 0.25) is 0 Å². The molecule has 3 aromatic rings. The van der Waals surface area contributed by atoms with Crippen molar-refractivity contribution in [1.82, 2.24) is 14.9 Å². The molecule has 0 amide bonds. The van der Waals surface area contributed by atoms with Gasteiger partial charge in [0.15, 0.2) is 0 Å². The van der Waals surface area contributed by atoms with Gasteiger partial charge >= 0.3 is 0 Å². The number of nitrogens with one attached hydrogen (secondary N) is 1. The third-order valence-corrected chi connectivity index (χ3v) is 6.28. The predicted molar refractivity (Wildman–Crippen MR) is 103 cm³/mol. The number of thiazole rings is 1. The number of hydrogen-bond acceptors (Lipinski definition) is 5. The quantitative estimate of drug-likeness (QED) is 0.772. The Morgan fingerprint density at radius 2 is 2.08 bits per heavy atom. The molecule has 1 aliphatic rings. The molecule has 0 spiro atoms. The number of fused-ring (bicyclic) bond motifs is 3. The van der Waals surface area contributed by atoms with E-state index in [9.17, 15) is 4.79 Å². The lowest BCUT2D eigenvalue weighted by Gasteiger charge is -2.38. The molecule has 1 saturated heterocycles. The summed E-state index contributed by atoms with van der Waals surface area (Å²) in [5.74, 6) is 0.699. The number of rotatable bonds is 3. The normalized spacial score (nSPS) is 21.9. The first-order chi connectivity index (χ1) is 12.1. The number of benzene rings is 1. The second-order valence-corrected chi connectivity index (χ2v) is 8.01. The standard InChI is InChI=1S/C19H23N3O2S/c1-11-6-4-7-12(2)22(11)10-15-20-17-16-13(8-5-9-14(16)24-3)18(23)21-19(17)25-15/h5,8-9,11-12H,4,6-7,10H2,1-3H3,(H,21,23)/t11-,12+. The van der Waals surface area contributed by atoms with Crippen LogP contribution in [0.1, 0.15) is 38.1 Å². The minimum absolute atomic E-state index is 0.0868. The predicted octanol–water partition coefficient (Wildman–Crippen LogP) is 3.91. The Bertz CT molecular complexity index is 968. The number of aromatic amines is 1. The largest absolute Gasteiger partial charge is 0.496 e. The van der Waals surface area contributed by atoms with E-state index >= 15 is 0 Å². The molecule has 2 aromatic heterocycles. The molecule has 3 heterocycles. The third kappa shape index (κ3) is 2.83. The summed E-state index contributed by atoms with van der Waals surface area (Å²) in [4.78, 5) is 23.6. The van der Waals surface area contributed by atoms with Crippen molar-refractivity contribution in [3.05, 3.63) is 33.6 Å². The molecule has 5 nitrogen and oxygen atoms in total. The number of piperidine rings is 1. The van der Waals surface area contributed by atoms with Crippen LogP contribution >= 0.6 is 11.3 Å². The summed E-state index contributed by atoms with van der Waals surface area (Å²) in [6, 6.07) is 6.69. The van der Waals surface area contributed by atoms with Gasteiger partial charge in [0, 0.05) is 12.1 Å². The van der Waals surface area contributed by atoms with Crippen molar-refractivity contribution in [1.29, 1.82) is 0 Å². The molecule has 0 unspecified atom stereocenters. The second kappa shape index (κ2) is 6.42. The van der Waals surface area contributed by atoms with Gasteiger partial charge in [0.1, 0.15) is 21.1 Å². The van der Waals surface area contributed by atoms with Crippen LogP contribution in [0.4, 0.5) is 0 Å². The molecular formula is C19H23N3O2S. The lowest BCUT2D eigenvalue weighted by molar-refractivity contribution is 0.0952. The molecule has 0 bridgehead atoms. The van der Waals surface area contributed by atoms with Crippen molar-refractivity contribution in [2.45, 2.75) is 51.7 Å². The lowest BCUT2D eigenvalue weighted by Crippen LogP contribution is -2.42. The van der Waals surface area contributed by atoms with E-state index in [4.69, 9.17) is 9.72 Å². The number of aromatic nitrogens is 2. The maximum absolute atomic E-state index is 12.4. The van der Waals surface area contributed by atoms with Crippen LogP contribution < -0.4 is 10.3 Å². The van der Waals surface area contributed by atoms with Crippen LogP contribution in [0.15, 0.2) is 23.0 Å². The summed E-state index contributed by atoms with van der Waals surface area (Å²) < 4.78 is 5.49. The van der Waals surface area contributed by atoms with Gasteiger partial charge in [-0.05, 0) is 38.8 Å². The van der Waals surface area contributed by atoms with Crippen LogP contribution in [0.5, 0.6) is 5.75 Å². The molecule has 1 aromatic carbocycles. The first-order valence-corrected chi connectivity index (χ1v) is 9.64. The Morgan fingerprint density at radius 1 is 1.32 bits per heavy atom. The van der Waals surface area contributed by atoms with Gasteiger partial charge in [-0.3, -0.25) is 9.69 Å². The van der Waals surface area contributed by atoms with E-state index in [1.54, 1.807) is 18.4 Å². The highest BCUT2D eigenvalue weighted by Crippen LogP contribution is 2.33. The summed E-state index contributed by atoms with van der Waals surface area (Å²) >= 11 is 1.58. The Morgan fingerprint density at radius 3 is 2.80 bits per heavy atom. The van der Waals surface area contributed by atoms with Crippen LogP contribution in [-0.2, 0) is 6.54 Å². The van der Waals surface area contributed by atoms with Gasteiger partial charge in [-0.2, -0.15) is 0 Å². The fraction of sp³-hybridized carbons (Fsp3) is 0.474. The summed E-state index contributed by atoms with van der Waals surface area (Å²) in [7, 11) is 1.63. The van der Waals surface area contributed by atoms with Crippen LogP contribution in [-0.4, -0.2) is 34.1 Å². The highest BCUT2D eigenvalue weighted by Gasteiger charge is 2.26. The van der Waals surface area contributed by atoms with Gasteiger partial charge in [-0.15, -0.1) is 0 Å². The zero-order valence-electron chi connectivity index (χ0n) is 14.8. The van der Waals surface area contributed by atoms with Crippen molar-refractivity contribution in [3.63, 3.8) is 0 Å². The fourth-order valence-corrected chi connectivity index (χ4v) is 4.91. The molecule has 6 heteroatoms. The number of likely N-dealkylation sites (tertiary alicyclic amines) is 1. The Hall–Kier alpha value is -1.92. The van der Waals surface area contributed by atoms with Crippen molar-refractivity contribution >= 4 is 32.5 Å². The van der Waals surface area contributed by atoms with E-state index in [-0.39, 0.29) is 5.56 Å². The van der Waals surface area contributed by atoms with Crippen molar-refractivity contribution in [3.8, 4) is 5.75 Å². The number of pyridine rings is 1. The van der Waals surface area contributed by atoms with E-state index in [1.165, 1.54) is 19.3 Å². The van der Waals surface area contributed by atoms with Crippen LogP contribution in [0.2, 0.25) is 0 Å². The molecule has 2 atom stereocenters. The van der Waals surface area contributed by atoms with E-state index in [1.807, 2.05) is 18.2 Å². The lowest BCUT2D eigenvalue weighted by atomic mass is 9.98. The second-order valence-electron chi connectivity index (χ2n) is 6.92. The number of H-pyrrole nitrogens is 1. The zero-order valence-corrected chi connectivity index (χ0v) is 15.7. The number of hydrogen-bond donors (Lipinski definition) is 1. The molecule has 0 radical (unpaired) electrons. The van der Waals surface area contributed by atoms with Crippen LogP contribution in [0, 0.1) is 0 Å². The summed E-state index contributed by atoms with van der Waals surface area (Å²) in [5, 5.41) is 2.49. The summed E-state index contributed by atoms with van der Waals surface area (Å²) in [6.07, 6.45) is 3.78. The molecule has 0 saturated carbocycles.